The Morgan fingerprint density at radius 2 is 1.23 bits per heavy atom. The van der Waals surface area contributed by atoms with Gasteiger partial charge in [0.15, 0.2) is 0 Å². The predicted molar refractivity (Wildman–Crippen MR) is 96.1 cm³/mol. The SMILES string of the molecule is CCCCC/C=C/C/C=C/C/C=C/CCCCCC[14C](=O)O. The van der Waals surface area contributed by atoms with Crippen molar-refractivity contribution in [3.8, 4) is 0 Å². The van der Waals surface area contributed by atoms with Gasteiger partial charge >= 0.3 is 5.97 Å². The van der Waals surface area contributed by atoms with Crippen molar-refractivity contribution < 1.29 is 9.90 Å². The van der Waals surface area contributed by atoms with Crippen LogP contribution in [0.15, 0.2) is 36.5 Å². The second-order valence-corrected chi connectivity index (χ2v) is 5.73. The van der Waals surface area contributed by atoms with Crippen LogP contribution in [0.4, 0.5) is 0 Å². The molecule has 2 nitrogen and oxygen atoms in total. The van der Waals surface area contributed by atoms with E-state index in [0.717, 1.165) is 38.5 Å². The van der Waals surface area contributed by atoms with Crippen molar-refractivity contribution >= 4 is 5.97 Å². The highest BCUT2D eigenvalue weighted by Gasteiger charge is 1.95. The van der Waals surface area contributed by atoms with Crippen molar-refractivity contribution in [3.05, 3.63) is 36.5 Å². The Morgan fingerprint density at radius 3 is 1.77 bits per heavy atom. The zero-order valence-electron chi connectivity index (χ0n) is 14.3. The maximum atomic E-state index is 10.3. The maximum absolute atomic E-state index is 10.3. The Balaban J connectivity index is 3.29. The van der Waals surface area contributed by atoms with E-state index in [1.807, 2.05) is 0 Å². The van der Waals surface area contributed by atoms with Crippen LogP contribution in [0, 0.1) is 0 Å². The zero-order chi connectivity index (χ0) is 16.3. The number of hydrogen-bond acceptors (Lipinski definition) is 1. The zero-order valence-corrected chi connectivity index (χ0v) is 14.3. The molecule has 0 aliphatic heterocycles. The topological polar surface area (TPSA) is 37.3 Å². The second kappa shape index (κ2) is 17.7. The van der Waals surface area contributed by atoms with E-state index in [2.05, 4.69) is 43.4 Å². The molecule has 0 saturated carbocycles. The fraction of sp³-hybridized carbons (Fsp3) is 0.650. The summed E-state index contributed by atoms with van der Waals surface area (Å²) in [4.78, 5) is 10.3. The summed E-state index contributed by atoms with van der Waals surface area (Å²) in [6.07, 6.45) is 26.3. The van der Waals surface area contributed by atoms with Crippen LogP contribution < -0.4 is 0 Å². The molecule has 0 radical (unpaired) electrons. The van der Waals surface area contributed by atoms with Crippen LogP contribution in [-0.2, 0) is 4.79 Å². The van der Waals surface area contributed by atoms with Gasteiger partial charge in [-0.3, -0.25) is 4.79 Å². The lowest BCUT2D eigenvalue weighted by Crippen LogP contribution is -1.93. The number of allylic oxidation sites excluding steroid dienone is 6. The molecule has 0 heterocycles. The predicted octanol–water partition coefficient (Wildman–Crippen LogP) is 6.44. The van der Waals surface area contributed by atoms with Gasteiger partial charge in [0.25, 0.3) is 0 Å². The molecule has 0 spiro atoms. The van der Waals surface area contributed by atoms with E-state index >= 15 is 0 Å². The highest BCUT2D eigenvalue weighted by Crippen LogP contribution is 2.06. The lowest BCUT2D eigenvalue weighted by Gasteiger charge is -1.96. The maximum Gasteiger partial charge on any atom is 0.303 e. The van der Waals surface area contributed by atoms with Gasteiger partial charge in [0.1, 0.15) is 0 Å². The second-order valence-electron chi connectivity index (χ2n) is 5.73. The number of unbranched alkanes of at least 4 members (excludes halogenated alkanes) is 7. The molecule has 0 fully saturated rings. The molecule has 0 unspecified atom stereocenters. The van der Waals surface area contributed by atoms with E-state index in [4.69, 9.17) is 5.11 Å². The van der Waals surface area contributed by atoms with Crippen molar-refractivity contribution in [2.75, 3.05) is 0 Å². The van der Waals surface area contributed by atoms with E-state index < -0.39 is 5.97 Å². The summed E-state index contributed by atoms with van der Waals surface area (Å²) in [5, 5.41) is 8.52. The van der Waals surface area contributed by atoms with E-state index in [1.165, 1.54) is 32.1 Å². The molecule has 0 aliphatic carbocycles. The normalized spacial score (nSPS) is 12.0. The quantitative estimate of drug-likeness (QED) is 0.279. The Bertz CT molecular complexity index is 327. The first-order valence-corrected chi connectivity index (χ1v) is 8.94. The fourth-order valence-corrected chi connectivity index (χ4v) is 2.18. The van der Waals surface area contributed by atoms with E-state index in [1.54, 1.807) is 0 Å². The van der Waals surface area contributed by atoms with E-state index in [9.17, 15) is 4.79 Å². The summed E-state index contributed by atoms with van der Waals surface area (Å²) in [6, 6.07) is 0. The van der Waals surface area contributed by atoms with Gasteiger partial charge in [-0.2, -0.15) is 0 Å². The minimum Gasteiger partial charge on any atom is -0.481 e. The molecule has 0 atom stereocenters. The number of carbonyl (C=O) groups is 1. The molecule has 0 aliphatic rings. The van der Waals surface area contributed by atoms with Crippen molar-refractivity contribution in [1.82, 2.24) is 0 Å². The molecule has 2 heteroatoms. The highest BCUT2D eigenvalue weighted by molar-refractivity contribution is 5.66. The van der Waals surface area contributed by atoms with Crippen LogP contribution >= 0.6 is 0 Å². The monoisotopic (exact) mass is 308 g/mol. The summed E-state index contributed by atoms with van der Waals surface area (Å²) in [6.45, 7) is 2.24. The number of hydrogen-bond donors (Lipinski definition) is 1. The van der Waals surface area contributed by atoms with Gasteiger partial charge in [-0.1, -0.05) is 69.1 Å². The first kappa shape index (κ1) is 20.7. The smallest absolute Gasteiger partial charge is 0.303 e. The number of rotatable bonds is 15. The molecule has 0 saturated heterocycles. The van der Waals surface area contributed by atoms with Gasteiger partial charge in [0.05, 0.1) is 0 Å². The van der Waals surface area contributed by atoms with Crippen LogP contribution in [0.3, 0.4) is 0 Å². The van der Waals surface area contributed by atoms with Gasteiger partial charge < -0.3 is 5.11 Å². The molecule has 0 amide bonds. The standard InChI is InChI=1S/C20H34O2/c1-2-3-4-5-6-7-8-9-10-11-12-13-14-15-16-17-18-19-20(21)22/h6-7,9-10,12-13H,2-5,8,11,14-19H2,1H3,(H,21,22)/b7-6+,10-9+,13-12+/i20+2. The first-order chi connectivity index (χ1) is 10.8. The van der Waals surface area contributed by atoms with Gasteiger partial charge in [-0.05, 0) is 44.9 Å². The molecule has 0 aromatic rings. The summed E-state index contributed by atoms with van der Waals surface area (Å²) in [5.41, 5.74) is 0. The Morgan fingerprint density at radius 1 is 0.727 bits per heavy atom. The van der Waals surface area contributed by atoms with E-state index in [-0.39, 0.29) is 0 Å². The minimum atomic E-state index is -0.678. The largest absolute Gasteiger partial charge is 0.481 e. The third kappa shape index (κ3) is 18.7. The third-order valence-corrected chi connectivity index (χ3v) is 3.53. The molecule has 22 heavy (non-hydrogen) atoms. The summed E-state index contributed by atoms with van der Waals surface area (Å²) in [5.74, 6) is -0.678. The van der Waals surface area contributed by atoms with Crippen LogP contribution in [0.5, 0.6) is 0 Å². The van der Waals surface area contributed by atoms with Gasteiger partial charge in [-0.15, -0.1) is 0 Å². The van der Waals surface area contributed by atoms with Crippen LogP contribution in [-0.4, -0.2) is 11.1 Å². The van der Waals surface area contributed by atoms with Gasteiger partial charge in [0.2, 0.25) is 0 Å². The van der Waals surface area contributed by atoms with Crippen LogP contribution in [0.25, 0.3) is 0 Å². The molecule has 0 rings (SSSR count). The average Bonchev–Trinajstić information content (AvgIpc) is 2.50. The van der Waals surface area contributed by atoms with Gasteiger partial charge in [-0.25, -0.2) is 0 Å². The lowest BCUT2D eigenvalue weighted by molar-refractivity contribution is -0.137. The van der Waals surface area contributed by atoms with Crippen molar-refractivity contribution in [1.29, 1.82) is 0 Å². The Hall–Kier alpha value is -1.31. The molecule has 0 bridgehead atoms. The molecule has 0 aromatic heterocycles. The average molecular weight is 308 g/mol. The highest BCUT2D eigenvalue weighted by atomic mass is 16.6. The summed E-state index contributed by atoms with van der Waals surface area (Å²) in [7, 11) is 0. The molecular weight excluding hydrogens is 274 g/mol. The lowest BCUT2D eigenvalue weighted by atomic mass is 10.1. The molecule has 1 N–H and O–H groups in total. The molecular formula is C20H34O2. The number of carboxylic acid groups (broad SMARTS) is 1. The number of carboxylic acids is 1. The molecule has 126 valence electrons. The Labute approximate surface area is 137 Å². The Kier molecular flexibility index (Phi) is 16.7. The van der Waals surface area contributed by atoms with Crippen molar-refractivity contribution in [2.45, 2.75) is 84.0 Å². The number of aliphatic carboxylic acids is 1. The van der Waals surface area contributed by atoms with E-state index in [0.29, 0.717) is 6.42 Å². The third-order valence-electron chi connectivity index (χ3n) is 3.53. The minimum absolute atomic E-state index is 0.313. The summed E-state index contributed by atoms with van der Waals surface area (Å²) < 4.78 is 0. The van der Waals surface area contributed by atoms with Crippen molar-refractivity contribution in [3.63, 3.8) is 0 Å². The summed E-state index contributed by atoms with van der Waals surface area (Å²) >= 11 is 0. The van der Waals surface area contributed by atoms with Crippen molar-refractivity contribution in [2.24, 2.45) is 0 Å². The van der Waals surface area contributed by atoms with Crippen LogP contribution in [0.1, 0.15) is 84.0 Å². The van der Waals surface area contributed by atoms with Crippen LogP contribution in [0.2, 0.25) is 0 Å². The first-order valence-electron chi connectivity index (χ1n) is 8.94. The van der Waals surface area contributed by atoms with Gasteiger partial charge in [0, 0.05) is 6.42 Å². The fourth-order valence-electron chi connectivity index (χ4n) is 2.18. The molecule has 0 aromatic carbocycles.